The molecule has 1 fully saturated rings. The number of methoxy groups -OCH3 is 1. The van der Waals surface area contributed by atoms with Gasteiger partial charge in [-0.25, -0.2) is 9.78 Å². The molecule has 5 nitrogen and oxygen atoms in total. The summed E-state index contributed by atoms with van der Waals surface area (Å²) in [6.45, 7) is 2.53. The highest BCUT2D eigenvalue weighted by atomic mass is 32.1. The van der Waals surface area contributed by atoms with Crippen LogP contribution in [0.5, 0.6) is 0 Å². The third-order valence-corrected chi connectivity index (χ3v) is 5.17. The molecule has 1 N–H and O–H groups in total. The number of anilines is 1. The van der Waals surface area contributed by atoms with Gasteiger partial charge in [0.15, 0.2) is 5.13 Å². The maximum Gasteiger partial charge on any atom is 0.347 e. The van der Waals surface area contributed by atoms with Crippen LogP contribution in [-0.2, 0) is 11.3 Å². The summed E-state index contributed by atoms with van der Waals surface area (Å²) in [5, 5.41) is 10.0. The van der Waals surface area contributed by atoms with Gasteiger partial charge in [0, 0.05) is 20.2 Å². The van der Waals surface area contributed by atoms with E-state index in [-0.39, 0.29) is 11.5 Å². The predicted molar refractivity (Wildman–Crippen MR) is 79.6 cm³/mol. The second-order valence-corrected chi connectivity index (χ2v) is 6.51. The van der Waals surface area contributed by atoms with E-state index in [1.807, 2.05) is 7.05 Å². The highest BCUT2D eigenvalue weighted by molar-refractivity contribution is 7.17. The lowest BCUT2D eigenvalue weighted by Crippen LogP contribution is -2.34. The number of aromatic carboxylic acids is 1. The van der Waals surface area contributed by atoms with Crippen molar-refractivity contribution >= 4 is 22.4 Å². The van der Waals surface area contributed by atoms with Gasteiger partial charge in [0.25, 0.3) is 0 Å². The van der Waals surface area contributed by atoms with E-state index in [2.05, 4.69) is 16.8 Å². The van der Waals surface area contributed by atoms with E-state index in [0.717, 1.165) is 23.9 Å². The van der Waals surface area contributed by atoms with Crippen molar-refractivity contribution in [2.24, 2.45) is 5.92 Å². The number of carboxylic acids is 1. The Morgan fingerprint density at radius 1 is 1.45 bits per heavy atom. The van der Waals surface area contributed by atoms with Crippen molar-refractivity contribution in [3.8, 4) is 0 Å². The molecule has 0 unspecified atom stereocenters. The van der Waals surface area contributed by atoms with E-state index in [9.17, 15) is 9.90 Å². The maximum absolute atomic E-state index is 11.2. The Morgan fingerprint density at radius 2 is 2.10 bits per heavy atom. The fraction of sp³-hybridized carbons (Fsp3) is 0.714. The lowest BCUT2D eigenvalue weighted by atomic mass is 9.87. The van der Waals surface area contributed by atoms with Crippen molar-refractivity contribution in [3.05, 3.63) is 10.6 Å². The quantitative estimate of drug-likeness (QED) is 0.905. The number of rotatable bonds is 5. The average Bonchev–Trinajstić information content (AvgIpc) is 2.83. The van der Waals surface area contributed by atoms with Crippen LogP contribution in [0.15, 0.2) is 0 Å². The summed E-state index contributed by atoms with van der Waals surface area (Å²) in [6, 6.07) is 0.467. The van der Waals surface area contributed by atoms with Gasteiger partial charge in [-0.05, 0) is 31.6 Å². The lowest BCUT2D eigenvalue weighted by molar-refractivity contribution is 0.0697. The SMILES string of the molecule is COCc1nc(N(C)C2CCC(C)CC2)sc1C(=O)O. The molecular formula is C14H22N2O3S. The first kappa shape index (κ1) is 15.3. The van der Waals surface area contributed by atoms with Crippen LogP contribution < -0.4 is 4.90 Å². The van der Waals surface area contributed by atoms with E-state index in [0.29, 0.717) is 11.7 Å². The Kier molecular flexibility index (Phi) is 4.99. The van der Waals surface area contributed by atoms with Crippen molar-refractivity contribution in [2.45, 2.75) is 45.3 Å². The molecule has 1 aliphatic carbocycles. The predicted octanol–water partition coefficient (Wildman–Crippen LogP) is 3.00. The standard InChI is InChI=1S/C14H22N2O3S/c1-9-4-6-10(7-5-9)16(2)14-15-11(8-19-3)12(20-14)13(17)18/h9-10H,4-8H2,1-3H3,(H,17,18). The third kappa shape index (κ3) is 3.30. The fourth-order valence-electron chi connectivity index (χ4n) is 2.68. The van der Waals surface area contributed by atoms with Crippen LogP contribution in [0, 0.1) is 5.92 Å². The van der Waals surface area contributed by atoms with Gasteiger partial charge in [-0.1, -0.05) is 18.3 Å². The van der Waals surface area contributed by atoms with E-state index in [4.69, 9.17) is 4.74 Å². The van der Waals surface area contributed by atoms with Gasteiger partial charge >= 0.3 is 5.97 Å². The number of carbonyl (C=O) groups is 1. The van der Waals surface area contributed by atoms with Gasteiger partial charge in [0.05, 0.1) is 12.3 Å². The normalized spacial score (nSPS) is 22.8. The van der Waals surface area contributed by atoms with Crippen molar-refractivity contribution in [1.82, 2.24) is 4.98 Å². The molecule has 112 valence electrons. The largest absolute Gasteiger partial charge is 0.477 e. The molecule has 0 bridgehead atoms. The van der Waals surface area contributed by atoms with Crippen molar-refractivity contribution in [3.63, 3.8) is 0 Å². The molecule has 0 atom stereocenters. The highest BCUT2D eigenvalue weighted by Gasteiger charge is 2.26. The average molecular weight is 298 g/mol. The molecule has 1 saturated carbocycles. The van der Waals surface area contributed by atoms with Crippen molar-refractivity contribution < 1.29 is 14.6 Å². The fourth-order valence-corrected chi connectivity index (χ4v) is 3.62. The Labute approximate surface area is 123 Å². The Balaban J connectivity index is 2.15. The zero-order chi connectivity index (χ0) is 14.7. The molecule has 6 heteroatoms. The number of carboxylic acid groups (broad SMARTS) is 1. The van der Waals surface area contributed by atoms with Gasteiger partial charge in [-0.3, -0.25) is 0 Å². The molecule has 2 rings (SSSR count). The second kappa shape index (κ2) is 6.54. The monoisotopic (exact) mass is 298 g/mol. The van der Waals surface area contributed by atoms with Crippen molar-refractivity contribution in [1.29, 1.82) is 0 Å². The summed E-state index contributed by atoms with van der Waals surface area (Å²) < 4.78 is 5.03. The van der Waals surface area contributed by atoms with E-state index in [1.165, 1.54) is 24.2 Å². The summed E-state index contributed by atoms with van der Waals surface area (Å²) in [5.74, 6) is -0.124. The van der Waals surface area contributed by atoms with Crippen LogP contribution in [0.25, 0.3) is 0 Å². The first-order chi connectivity index (χ1) is 9.52. The number of hydrogen-bond acceptors (Lipinski definition) is 5. The molecule has 0 saturated heterocycles. The zero-order valence-electron chi connectivity index (χ0n) is 12.3. The van der Waals surface area contributed by atoms with Crippen LogP contribution >= 0.6 is 11.3 Å². The van der Waals surface area contributed by atoms with Gasteiger partial charge in [0.2, 0.25) is 0 Å². The summed E-state index contributed by atoms with van der Waals surface area (Å²) in [4.78, 5) is 18.1. The summed E-state index contributed by atoms with van der Waals surface area (Å²) >= 11 is 1.25. The molecule has 0 amide bonds. The van der Waals surface area contributed by atoms with Crippen LogP contribution in [0.1, 0.15) is 48.0 Å². The zero-order valence-corrected chi connectivity index (χ0v) is 13.1. The number of thiazole rings is 1. The third-order valence-electron chi connectivity index (χ3n) is 4.00. The molecular weight excluding hydrogens is 276 g/mol. The van der Waals surface area contributed by atoms with Crippen LogP contribution in [0.2, 0.25) is 0 Å². The van der Waals surface area contributed by atoms with Crippen LogP contribution in [-0.4, -0.2) is 36.3 Å². The van der Waals surface area contributed by atoms with Crippen LogP contribution in [0.3, 0.4) is 0 Å². The minimum atomic E-state index is -0.925. The molecule has 0 aromatic carbocycles. The minimum Gasteiger partial charge on any atom is -0.477 e. The van der Waals surface area contributed by atoms with Gasteiger partial charge in [0.1, 0.15) is 4.88 Å². The van der Waals surface area contributed by atoms with E-state index < -0.39 is 5.97 Å². The summed E-state index contributed by atoms with van der Waals surface area (Å²) in [7, 11) is 3.57. The Hall–Kier alpha value is -1.14. The number of ether oxygens (including phenoxy) is 1. The minimum absolute atomic E-state index is 0.244. The number of hydrogen-bond donors (Lipinski definition) is 1. The lowest BCUT2D eigenvalue weighted by Gasteiger charge is -2.33. The first-order valence-electron chi connectivity index (χ1n) is 6.97. The van der Waals surface area contributed by atoms with Crippen molar-refractivity contribution in [2.75, 3.05) is 19.1 Å². The number of aromatic nitrogens is 1. The Bertz CT molecular complexity index is 467. The summed E-state index contributed by atoms with van der Waals surface area (Å²) in [6.07, 6.45) is 4.77. The number of nitrogens with zero attached hydrogens (tertiary/aromatic N) is 2. The van der Waals surface area contributed by atoms with E-state index in [1.54, 1.807) is 7.11 Å². The van der Waals surface area contributed by atoms with E-state index >= 15 is 0 Å². The molecule has 1 heterocycles. The molecule has 1 aromatic rings. The maximum atomic E-state index is 11.2. The molecule has 0 radical (unpaired) electrons. The smallest absolute Gasteiger partial charge is 0.347 e. The highest BCUT2D eigenvalue weighted by Crippen LogP contribution is 2.33. The molecule has 20 heavy (non-hydrogen) atoms. The molecule has 0 spiro atoms. The van der Waals surface area contributed by atoms with Gasteiger partial charge < -0.3 is 14.7 Å². The van der Waals surface area contributed by atoms with Gasteiger partial charge in [-0.15, -0.1) is 0 Å². The second-order valence-electron chi connectivity index (χ2n) is 5.54. The Morgan fingerprint density at radius 3 is 2.65 bits per heavy atom. The summed E-state index contributed by atoms with van der Waals surface area (Å²) in [5.41, 5.74) is 0.524. The molecule has 0 aliphatic heterocycles. The van der Waals surface area contributed by atoms with Gasteiger partial charge in [-0.2, -0.15) is 0 Å². The topological polar surface area (TPSA) is 62.7 Å². The van der Waals surface area contributed by atoms with Crippen LogP contribution in [0.4, 0.5) is 5.13 Å². The first-order valence-corrected chi connectivity index (χ1v) is 7.79. The molecule has 1 aromatic heterocycles. The molecule has 1 aliphatic rings.